The molecule has 0 fully saturated rings. The third-order valence-corrected chi connectivity index (χ3v) is 2.21. The van der Waals surface area contributed by atoms with Crippen molar-refractivity contribution in [2.24, 2.45) is 0 Å². The van der Waals surface area contributed by atoms with Crippen molar-refractivity contribution in [2.75, 3.05) is 13.7 Å². The van der Waals surface area contributed by atoms with Crippen LogP contribution < -0.4 is 9.47 Å². The number of hydrogen-bond donors (Lipinski definition) is 0. The summed E-state index contributed by atoms with van der Waals surface area (Å²) in [6, 6.07) is 0.644. The van der Waals surface area contributed by atoms with Crippen LogP contribution in [0, 0.1) is 10.1 Å². The number of nitrogens with zero attached hydrogens (tertiary/aromatic N) is 2. The van der Waals surface area contributed by atoms with Gasteiger partial charge < -0.3 is 14.2 Å². The van der Waals surface area contributed by atoms with E-state index < -0.39 is 41.0 Å². The van der Waals surface area contributed by atoms with Crippen LogP contribution in [0.25, 0.3) is 0 Å². The van der Waals surface area contributed by atoms with Gasteiger partial charge in [-0.15, -0.1) is 13.2 Å². The van der Waals surface area contributed by atoms with Crippen LogP contribution >= 0.6 is 0 Å². The molecule has 1 aromatic rings. The molecule has 0 unspecified atom stereocenters. The molecule has 0 aliphatic heterocycles. The second-order valence-electron chi connectivity index (χ2n) is 3.76. The molecule has 1 aromatic heterocycles. The number of carbonyl (C=O) groups excluding carboxylic acids is 1. The Morgan fingerprint density at radius 3 is 2.55 bits per heavy atom. The monoisotopic (exact) mass is 324 g/mol. The fourth-order valence-electron chi connectivity index (χ4n) is 1.50. The van der Waals surface area contributed by atoms with Crippen molar-refractivity contribution in [3.05, 3.63) is 21.9 Å². The van der Waals surface area contributed by atoms with Gasteiger partial charge in [-0.25, -0.2) is 4.98 Å². The number of nitro groups is 1. The zero-order valence-corrected chi connectivity index (χ0v) is 11.5. The third-order valence-electron chi connectivity index (χ3n) is 2.21. The Balaban J connectivity index is 3.30. The average Bonchev–Trinajstić information content (AvgIpc) is 2.35. The molecule has 0 spiro atoms. The fourth-order valence-corrected chi connectivity index (χ4v) is 1.50. The van der Waals surface area contributed by atoms with E-state index in [0.29, 0.717) is 6.07 Å². The lowest BCUT2D eigenvalue weighted by atomic mass is 10.2. The molecular formula is C11H11F3N2O6. The van der Waals surface area contributed by atoms with E-state index in [2.05, 4.69) is 19.2 Å². The lowest BCUT2D eigenvalue weighted by molar-refractivity contribution is -0.389. The fraction of sp³-hybridized carbons (Fsp3) is 0.455. The minimum atomic E-state index is -5.15. The molecule has 0 radical (unpaired) electrons. The Morgan fingerprint density at radius 1 is 1.45 bits per heavy atom. The first-order chi connectivity index (χ1) is 10.2. The first-order valence-electron chi connectivity index (χ1n) is 5.81. The van der Waals surface area contributed by atoms with E-state index in [4.69, 9.17) is 0 Å². The maximum absolute atomic E-state index is 12.3. The van der Waals surface area contributed by atoms with Gasteiger partial charge in [-0.05, 0) is 6.92 Å². The zero-order valence-electron chi connectivity index (χ0n) is 11.5. The van der Waals surface area contributed by atoms with Crippen molar-refractivity contribution < 1.29 is 37.1 Å². The molecule has 22 heavy (non-hydrogen) atoms. The molecular weight excluding hydrogens is 313 g/mol. The van der Waals surface area contributed by atoms with Crippen molar-refractivity contribution in [3.8, 4) is 11.6 Å². The molecule has 122 valence electrons. The molecule has 0 aliphatic rings. The number of rotatable bonds is 6. The number of ether oxygens (including phenoxy) is 3. The maximum Gasteiger partial charge on any atom is 0.573 e. The smallest absolute Gasteiger partial charge is 0.476 e. The van der Waals surface area contributed by atoms with Crippen LogP contribution in [0.15, 0.2) is 6.07 Å². The number of halogens is 3. The lowest BCUT2D eigenvalue weighted by Gasteiger charge is -2.12. The predicted molar refractivity (Wildman–Crippen MR) is 64.5 cm³/mol. The molecule has 11 heteroatoms. The summed E-state index contributed by atoms with van der Waals surface area (Å²) < 4.78 is 49.8. The molecule has 8 nitrogen and oxygen atoms in total. The van der Waals surface area contributed by atoms with E-state index in [1.807, 2.05) is 0 Å². The minimum absolute atomic E-state index is 0.0643. The Kier molecular flexibility index (Phi) is 5.49. The van der Waals surface area contributed by atoms with Crippen LogP contribution in [0.2, 0.25) is 0 Å². The molecule has 0 aromatic carbocycles. The first kappa shape index (κ1) is 17.5. The van der Waals surface area contributed by atoms with Crippen LogP contribution in [0.4, 0.5) is 18.9 Å². The Bertz CT molecular complexity index is 576. The Morgan fingerprint density at radius 2 is 2.09 bits per heavy atom. The molecule has 1 heterocycles. The highest BCUT2D eigenvalue weighted by Gasteiger charge is 2.37. The van der Waals surface area contributed by atoms with E-state index in [1.54, 1.807) is 6.92 Å². The van der Waals surface area contributed by atoms with Crippen molar-refractivity contribution in [1.82, 2.24) is 4.98 Å². The van der Waals surface area contributed by atoms with Gasteiger partial charge >= 0.3 is 18.0 Å². The number of hydrogen-bond acceptors (Lipinski definition) is 7. The Hall–Kier alpha value is -2.59. The molecule has 0 saturated heterocycles. The SMILES string of the molecule is CCOC(=O)Cc1cc(OC(F)(F)F)c([N+](=O)[O-])c(OC)n1. The van der Waals surface area contributed by atoms with E-state index in [9.17, 15) is 28.1 Å². The molecule has 0 saturated carbocycles. The van der Waals surface area contributed by atoms with Gasteiger partial charge in [0.2, 0.25) is 5.75 Å². The van der Waals surface area contributed by atoms with Crippen molar-refractivity contribution in [3.63, 3.8) is 0 Å². The molecule has 0 N–H and O–H groups in total. The zero-order chi connectivity index (χ0) is 16.9. The van der Waals surface area contributed by atoms with Gasteiger partial charge in [0, 0.05) is 6.07 Å². The van der Waals surface area contributed by atoms with E-state index in [1.165, 1.54) is 0 Å². The minimum Gasteiger partial charge on any atom is -0.476 e. The summed E-state index contributed by atoms with van der Waals surface area (Å²) in [5.74, 6) is -2.58. The first-order valence-corrected chi connectivity index (χ1v) is 5.81. The van der Waals surface area contributed by atoms with Gasteiger partial charge in [-0.1, -0.05) is 0 Å². The number of esters is 1. The van der Waals surface area contributed by atoms with Gasteiger partial charge in [-0.3, -0.25) is 14.9 Å². The highest BCUT2D eigenvalue weighted by atomic mass is 19.4. The van der Waals surface area contributed by atoms with Crippen LogP contribution in [0.5, 0.6) is 11.6 Å². The molecule has 1 rings (SSSR count). The van der Waals surface area contributed by atoms with Crippen molar-refractivity contribution in [1.29, 1.82) is 0 Å². The standard InChI is InChI=1S/C11H11F3N2O6/c1-3-21-8(17)5-6-4-7(22-11(12,13)14)9(16(18)19)10(15-6)20-2/h4H,3,5H2,1-2H3. The summed E-state index contributed by atoms with van der Waals surface area (Å²) in [6.07, 6.45) is -5.64. The second-order valence-corrected chi connectivity index (χ2v) is 3.76. The summed E-state index contributed by atoms with van der Waals surface area (Å²) in [6.45, 7) is 1.61. The van der Waals surface area contributed by atoms with Crippen molar-refractivity contribution >= 4 is 11.7 Å². The summed E-state index contributed by atoms with van der Waals surface area (Å²) in [4.78, 5) is 24.7. The average molecular weight is 324 g/mol. The van der Waals surface area contributed by atoms with Crippen LogP contribution in [0.1, 0.15) is 12.6 Å². The highest BCUT2D eigenvalue weighted by Crippen LogP contribution is 2.38. The number of carbonyl (C=O) groups is 1. The summed E-state index contributed by atoms with van der Waals surface area (Å²) in [7, 11) is 0.987. The van der Waals surface area contributed by atoms with Gasteiger partial charge in [0.15, 0.2) is 0 Å². The van der Waals surface area contributed by atoms with Crippen LogP contribution in [-0.4, -0.2) is 36.0 Å². The predicted octanol–water partition coefficient (Wildman–Crippen LogP) is 2.00. The third kappa shape index (κ3) is 4.75. The van der Waals surface area contributed by atoms with Gasteiger partial charge in [0.1, 0.15) is 0 Å². The molecule has 0 amide bonds. The maximum atomic E-state index is 12.3. The summed E-state index contributed by atoms with van der Waals surface area (Å²) >= 11 is 0. The number of pyridine rings is 1. The second kappa shape index (κ2) is 6.91. The van der Waals surface area contributed by atoms with E-state index >= 15 is 0 Å². The largest absolute Gasteiger partial charge is 0.573 e. The van der Waals surface area contributed by atoms with E-state index in [-0.39, 0.29) is 12.3 Å². The number of alkyl halides is 3. The Labute approximate surface area is 121 Å². The van der Waals surface area contributed by atoms with Gasteiger partial charge in [0.05, 0.1) is 30.8 Å². The van der Waals surface area contributed by atoms with E-state index in [0.717, 1.165) is 7.11 Å². The van der Waals surface area contributed by atoms with Gasteiger partial charge in [0.25, 0.3) is 5.88 Å². The van der Waals surface area contributed by atoms with Crippen LogP contribution in [0.3, 0.4) is 0 Å². The summed E-state index contributed by atoms with van der Waals surface area (Å²) in [5.41, 5.74) is -1.31. The summed E-state index contributed by atoms with van der Waals surface area (Å²) in [5, 5.41) is 10.9. The topological polar surface area (TPSA) is 101 Å². The normalized spacial score (nSPS) is 11.0. The highest BCUT2D eigenvalue weighted by molar-refractivity contribution is 5.72. The molecule has 0 atom stereocenters. The number of methoxy groups -OCH3 is 1. The lowest BCUT2D eigenvalue weighted by Crippen LogP contribution is -2.19. The molecule has 0 bridgehead atoms. The quantitative estimate of drug-likeness (QED) is 0.448. The molecule has 0 aliphatic carbocycles. The van der Waals surface area contributed by atoms with Crippen LogP contribution in [-0.2, 0) is 16.0 Å². The van der Waals surface area contributed by atoms with Gasteiger partial charge in [-0.2, -0.15) is 0 Å². The van der Waals surface area contributed by atoms with Crippen molar-refractivity contribution in [2.45, 2.75) is 19.7 Å². The number of aromatic nitrogens is 1.